The Balaban J connectivity index is 2.61. The van der Waals surface area contributed by atoms with Gasteiger partial charge < -0.3 is 10.6 Å². The van der Waals surface area contributed by atoms with E-state index < -0.39 is 0 Å². The Kier molecular flexibility index (Phi) is 5.32. The maximum Gasteiger partial charge on any atom is 0.0549 e. The smallest absolute Gasteiger partial charge is 0.0549 e. The number of nitrogens with zero attached hydrogens (tertiary/aromatic N) is 1. The Morgan fingerprint density at radius 1 is 1.40 bits per heavy atom. The zero-order valence-electron chi connectivity index (χ0n) is 9.58. The topological polar surface area (TPSA) is 37.0 Å². The molecule has 3 nitrogen and oxygen atoms in total. The minimum Gasteiger partial charge on any atom is -0.387 e. The van der Waals surface area contributed by atoms with Gasteiger partial charge in [-0.1, -0.05) is 6.92 Å². The second kappa shape index (κ2) is 6.56. The molecule has 0 amide bonds. The van der Waals surface area contributed by atoms with Gasteiger partial charge in [0.1, 0.15) is 0 Å². The van der Waals surface area contributed by atoms with E-state index in [1.54, 1.807) is 0 Å². The first-order chi connectivity index (χ1) is 7.30. The van der Waals surface area contributed by atoms with Crippen LogP contribution >= 0.6 is 11.8 Å². The van der Waals surface area contributed by atoms with Crippen LogP contribution in [0.25, 0.3) is 0 Å². The van der Waals surface area contributed by atoms with E-state index in [2.05, 4.69) is 34.9 Å². The number of anilines is 2. The molecule has 0 bridgehead atoms. The van der Waals surface area contributed by atoms with Crippen LogP contribution in [0.3, 0.4) is 0 Å². The zero-order valence-corrected chi connectivity index (χ0v) is 10.4. The van der Waals surface area contributed by atoms with Crippen LogP contribution in [-0.4, -0.2) is 30.1 Å². The average molecular weight is 225 g/mol. The van der Waals surface area contributed by atoms with Gasteiger partial charge in [0.15, 0.2) is 0 Å². The molecule has 1 atom stereocenters. The van der Waals surface area contributed by atoms with E-state index in [-0.39, 0.29) is 0 Å². The third-order valence-electron chi connectivity index (χ3n) is 2.26. The second-order valence-electron chi connectivity index (χ2n) is 3.42. The monoisotopic (exact) mass is 225 g/mol. The van der Waals surface area contributed by atoms with E-state index in [9.17, 15) is 0 Å². The van der Waals surface area contributed by atoms with Gasteiger partial charge in [0.25, 0.3) is 0 Å². The number of aromatic nitrogens is 1. The zero-order chi connectivity index (χ0) is 11.1. The predicted molar refractivity (Wildman–Crippen MR) is 69.9 cm³/mol. The van der Waals surface area contributed by atoms with Crippen molar-refractivity contribution in [1.29, 1.82) is 0 Å². The van der Waals surface area contributed by atoms with Crippen molar-refractivity contribution in [3.63, 3.8) is 0 Å². The summed E-state index contributed by atoms with van der Waals surface area (Å²) in [5.74, 6) is 1.13. The highest BCUT2D eigenvalue weighted by molar-refractivity contribution is 7.98. The van der Waals surface area contributed by atoms with Crippen molar-refractivity contribution in [2.24, 2.45) is 0 Å². The molecule has 1 unspecified atom stereocenters. The first-order valence-electron chi connectivity index (χ1n) is 5.18. The van der Waals surface area contributed by atoms with E-state index in [1.807, 2.05) is 31.2 Å². The van der Waals surface area contributed by atoms with Crippen LogP contribution in [0.2, 0.25) is 0 Å². The molecule has 84 valence electrons. The minimum absolute atomic E-state index is 0.522. The Hall–Kier alpha value is -0.900. The number of nitrogens with one attached hydrogen (secondary N) is 2. The van der Waals surface area contributed by atoms with E-state index >= 15 is 0 Å². The highest BCUT2D eigenvalue weighted by Crippen LogP contribution is 2.15. The molecule has 2 N–H and O–H groups in total. The summed E-state index contributed by atoms with van der Waals surface area (Å²) in [6.45, 7) is 2.20. The molecule has 15 heavy (non-hydrogen) atoms. The van der Waals surface area contributed by atoms with Gasteiger partial charge in [-0.2, -0.15) is 11.8 Å². The summed E-state index contributed by atoms with van der Waals surface area (Å²) in [4.78, 5) is 4.17. The van der Waals surface area contributed by atoms with E-state index in [1.165, 1.54) is 0 Å². The molecular formula is C11H19N3S. The summed E-state index contributed by atoms with van der Waals surface area (Å²) < 4.78 is 0. The molecule has 0 aliphatic rings. The van der Waals surface area contributed by atoms with Crippen LogP contribution in [-0.2, 0) is 0 Å². The quantitative estimate of drug-likeness (QED) is 0.780. The van der Waals surface area contributed by atoms with Crippen LogP contribution in [0.4, 0.5) is 11.4 Å². The maximum absolute atomic E-state index is 4.17. The Labute approximate surface area is 96.1 Å². The summed E-state index contributed by atoms with van der Waals surface area (Å²) in [5.41, 5.74) is 2.13. The Bertz CT molecular complexity index is 291. The molecule has 1 aromatic heterocycles. The Morgan fingerprint density at radius 3 is 2.73 bits per heavy atom. The standard InChI is InChI=1S/C11H19N3S/c1-4-9(8-15-3)14-11-5-10(12-2)6-13-7-11/h5-7,9,12,14H,4,8H2,1-3H3. The van der Waals surface area contributed by atoms with E-state index in [4.69, 9.17) is 0 Å². The summed E-state index contributed by atoms with van der Waals surface area (Å²) >= 11 is 1.86. The SMILES string of the molecule is CCC(CSC)Nc1cncc(NC)c1. The molecule has 1 aromatic rings. The molecule has 1 heterocycles. The molecular weight excluding hydrogens is 206 g/mol. The van der Waals surface area contributed by atoms with Crippen LogP contribution in [0.5, 0.6) is 0 Å². The van der Waals surface area contributed by atoms with Crippen LogP contribution in [0.1, 0.15) is 13.3 Å². The lowest BCUT2D eigenvalue weighted by Crippen LogP contribution is -2.21. The first kappa shape index (κ1) is 12.2. The first-order valence-corrected chi connectivity index (χ1v) is 6.57. The van der Waals surface area contributed by atoms with Gasteiger partial charge in [0.2, 0.25) is 0 Å². The summed E-state index contributed by atoms with van der Waals surface area (Å²) in [6.07, 6.45) is 6.95. The number of pyridine rings is 1. The van der Waals surface area contributed by atoms with E-state index in [0.717, 1.165) is 23.5 Å². The lowest BCUT2D eigenvalue weighted by molar-refractivity contribution is 0.774. The summed E-state index contributed by atoms with van der Waals surface area (Å²) in [5, 5.41) is 6.56. The molecule has 0 aromatic carbocycles. The van der Waals surface area contributed by atoms with Crippen LogP contribution in [0.15, 0.2) is 18.5 Å². The highest BCUT2D eigenvalue weighted by atomic mass is 32.2. The normalized spacial score (nSPS) is 12.2. The van der Waals surface area contributed by atoms with Gasteiger partial charge in [-0.15, -0.1) is 0 Å². The fraction of sp³-hybridized carbons (Fsp3) is 0.545. The van der Waals surface area contributed by atoms with Crippen molar-refractivity contribution < 1.29 is 0 Å². The molecule has 0 aliphatic carbocycles. The molecule has 0 spiro atoms. The van der Waals surface area contributed by atoms with Gasteiger partial charge >= 0.3 is 0 Å². The lowest BCUT2D eigenvalue weighted by Gasteiger charge is -2.17. The Morgan fingerprint density at radius 2 is 2.13 bits per heavy atom. The average Bonchev–Trinajstić information content (AvgIpc) is 2.29. The van der Waals surface area contributed by atoms with Crippen molar-refractivity contribution in [3.8, 4) is 0 Å². The fourth-order valence-corrected chi connectivity index (χ4v) is 2.08. The molecule has 0 fully saturated rings. The van der Waals surface area contributed by atoms with Gasteiger partial charge in [0, 0.05) is 18.8 Å². The van der Waals surface area contributed by atoms with Crippen molar-refractivity contribution in [1.82, 2.24) is 4.98 Å². The van der Waals surface area contributed by atoms with Crippen LogP contribution in [0, 0.1) is 0 Å². The summed E-state index contributed by atoms with van der Waals surface area (Å²) in [7, 11) is 1.90. The van der Waals surface area contributed by atoms with Gasteiger partial charge in [-0.3, -0.25) is 4.98 Å². The van der Waals surface area contributed by atoms with Gasteiger partial charge in [-0.25, -0.2) is 0 Å². The molecule has 0 saturated heterocycles. The minimum atomic E-state index is 0.522. The number of hydrogen-bond donors (Lipinski definition) is 2. The predicted octanol–water partition coefficient (Wildman–Crippen LogP) is 2.68. The second-order valence-corrected chi connectivity index (χ2v) is 4.33. The van der Waals surface area contributed by atoms with Crippen molar-refractivity contribution in [2.75, 3.05) is 29.7 Å². The largest absolute Gasteiger partial charge is 0.387 e. The van der Waals surface area contributed by atoms with Crippen molar-refractivity contribution >= 4 is 23.1 Å². The molecule has 4 heteroatoms. The number of hydrogen-bond acceptors (Lipinski definition) is 4. The highest BCUT2D eigenvalue weighted by Gasteiger charge is 2.05. The van der Waals surface area contributed by atoms with Gasteiger partial charge in [-0.05, 0) is 18.7 Å². The van der Waals surface area contributed by atoms with E-state index in [0.29, 0.717) is 6.04 Å². The lowest BCUT2D eigenvalue weighted by atomic mass is 10.2. The molecule has 0 radical (unpaired) electrons. The number of rotatable bonds is 6. The van der Waals surface area contributed by atoms with Crippen molar-refractivity contribution in [3.05, 3.63) is 18.5 Å². The third-order valence-corrected chi connectivity index (χ3v) is 2.99. The summed E-state index contributed by atoms with van der Waals surface area (Å²) in [6, 6.07) is 2.60. The molecule has 1 rings (SSSR count). The van der Waals surface area contributed by atoms with Crippen molar-refractivity contribution in [2.45, 2.75) is 19.4 Å². The van der Waals surface area contributed by atoms with Gasteiger partial charge in [0.05, 0.1) is 23.8 Å². The maximum atomic E-state index is 4.17. The fourth-order valence-electron chi connectivity index (χ4n) is 1.35. The third kappa shape index (κ3) is 4.00. The van der Waals surface area contributed by atoms with Crippen LogP contribution < -0.4 is 10.6 Å². The number of thioether (sulfide) groups is 1. The molecule has 0 aliphatic heterocycles. The molecule has 0 saturated carbocycles.